The molecule has 1 aliphatic carbocycles. The summed E-state index contributed by atoms with van der Waals surface area (Å²) in [5.74, 6) is 3.10. The van der Waals surface area contributed by atoms with Crippen LogP contribution in [0.5, 0.6) is 0 Å². The molecule has 1 saturated carbocycles. The molecule has 0 radical (unpaired) electrons. The predicted molar refractivity (Wildman–Crippen MR) is 94.3 cm³/mol. The van der Waals surface area contributed by atoms with Crippen LogP contribution < -0.4 is 0 Å². The van der Waals surface area contributed by atoms with Gasteiger partial charge in [0.2, 0.25) is 5.91 Å². The first kappa shape index (κ1) is 17.2. The Labute approximate surface area is 152 Å². The molecule has 2 atom stereocenters. The number of hydrogen-bond acceptors (Lipinski definition) is 5. The summed E-state index contributed by atoms with van der Waals surface area (Å²) >= 11 is 0. The number of nitrogens with one attached hydrogen (secondary N) is 1. The molecule has 0 spiro atoms. The molecule has 0 unspecified atom stereocenters. The standard InChI is InChI=1S/C18H26N6O2/c1-11-13(7-19-23(11)2)6-17(25)24-8-14(12-4-5-12)15(9-24)18-20-16(10-26-3)21-22-18/h7,12,14-15H,4-6,8-10H2,1-3H3,(H,20,21,22)/t14-,15+/m1/s1. The van der Waals surface area contributed by atoms with Crippen molar-refractivity contribution in [3.63, 3.8) is 0 Å². The maximum absolute atomic E-state index is 12.9. The van der Waals surface area contributed by atoms with Crippen molar-refractivity contribution >= 4 is 5.91 Å². The number of carbonyl (C=O) groups is 1. The molecule has 1 saturated heterocycles. The lowest BCUT2D eigenvalue weighted by Gasteiger charge is -2.16. The number of aryl methyl sites for hydroxylation is 1. The topological polar surface area (TPSA) is 88.9 Å². The van der Waals surface area contributed by atoms with Gasteiger partial charge in [0.15, 0.2) is 11.6 Å². The fourth-order valence-corrected chi connectivity index (χ4v) is 3.98. The highest BCUT2D eigenvalue weighted by molar-refractivity contribution is 5.79. The molecule has 8 heteroatoms. The Hall–Kier alpha value is -2.22. The van der Waals surface area contributed by atoms with Gasteiger partial charge in [0, 0.05) is 44.4 Å². The Morgan fingerprint density at radius 2 is 2.19 bits per heavy atom. The van der Waals surface area contributed by atoms with E-state index in [1.807, 2.05) is 23.6 Å². The zero-order chi connectivity index (χ0) is 18.3. The van der Waals surface area contributed by atoms with Crippen LogP contribution in [-0.4, -0.2) is 56.0 Å². The van der Waals surface area contributed by atoms with E-state index in [0.717, 1.165) is 29.5 Å². The third-order valence-corrected chi connectivity index (χ3v) is 5.79. The summed E-state index contributed by atoms with van der Waals surface area (Å²) in [5.41, 5.74) is 2.05. The first-order valence-electron chi connectivity index (χ1n) is 9.22. The highest BCUT2D eigenvalue weighted by Gasteiger charge is 2.45. The summed E-state index contributed by atoms with van der Waals surface area (Å²) in [6.45, 7) is 3.93. The van der Waals surface area contributed by atoms with Gasteiger partial charge in [-0.2, -0.15) is 10.2 Å². The number of H-pyrrole nitrogens is 1. The number of carbonyl (C=O) groups excluding carboxylic acids is 1. The first-order chi connectivity index (χ1) is 12.6. The largest absolute Gasteiger partial charge is 0.377 e. The van der Waals surface area contributed by atoms with E-state index in [9.17, 15) is 4.79 Å². The van der Waals surface area contributed by atoms with Gasteiger partial charge in [0.25, 0.3) is 0 Å². The van der Waals surface area contributed by atoms with Crippen LogP contribution in [0.4, 0.5) is 0 Å². The van der Waals surface area contributed by atoms with Crippen molar-refractivity contribution < 1.29 is 9.53 Å². The number of hydrogen-bond donors (Lipinski definition) is 1. The zero-order valence-electron chi connectivity index (χ0n) is 15.6. The average Bonchev–Trinajstić information content (AvgIpc) is 3.07. The lowest BCUT2D eigenvalue weighted by Crippen LogP contribution is -2.30. The second kappa shape index (κ2) is 6.83. The van der Waals surface area contributed by atoms with Gasteiger partial charge in [-0.15, -0.1) is 0 Å². The van der Waals surface area contributed by atoms with Crippen LogP contribution in [0.1, 0.15) is 41.7 Å². The van der Waals surface area contributed by atoms with Crippen molar-refractivity contribution in [1.29, 1.82) is 0 Å². The minimum absolute atomic E-state index is 0.168. The Morgan fingerprint density at radius 1 is 1.38 bits per heavy atom. The van der Waals surface area contributed by atoms with Crippen LogP contribution in [0.2, 0.25) is 0 Å². The molecular weight excluding hydrogens is 332 g/mol. The van der Waals surface area contributed by atoms with Gasteiger partial charge in [0.05, 0.1) is 12.6 Å². The first-order valence-corrected chi connectivity index (χ1v) is 9.22. The molecule has 4 rings (SSSR count). The van der Waals surface area contributed by atoms with Crippen molar-refractivity contribution in [2.75, 3.05) is 20.2 Å². The van der Waals surface area contributed by atoms with E-state index in [1.54, 1.807) is 13.3 Å². The Balaban J connectivity index is 1.48. The summed E-state index contributed by atoms with van der Waals surface area (Å²) in [4.78, 5) is 19.5. The molecule has 2 aromatic heterocycles. The quantitative estimate of drug-likeness (QED) is 0.838. The highest BCUT2D eigenvalue weighted by atomic mass is 16.5. The minimum atomic E-state index is 0.168. The summed E-state index contributed by atoms with van der Waals surface area (Å²) in [7, 11) is 3.55. The number of amides is 1. The maximum atomic E-state index is 12.9. The van der Waals surface area contributed by atoms with Crippen molar-refractivity contribution in [3.05, 3.63) is 29.1 Å². The van der Waals surface area contributed by atoms with Crippen molar-refractivity contribution in [1.82, 2.24) is 29.9 Å². The molecule has 140 valence electrons. The summed E-state index contributed by atoms with van der Waals surface area (Å²) < 4.78 is 6.94. The second-order valence-corrected chi connectivity index (χ2v) is 7.54. The second-order valence-electron chi connectivity index (χ2n) is 7.54. The van der Waals surface area contributed by atoms with Gasteiger partial charge < -0.3 is 9.64 Å². The zero-order valence-corrected chi connectivity index (χ0v) is 15.6. The summed E-state index contributed by atoms with van der Waals surface area (Å²) in [6.07, 6.45) is 4.71. The number of ether oxygens (including phenoxy) is 1. The molecule has 2 aliphatic rings. The van der Waals surface area contributed by atoms with Gasteiger partial charge in [-0.25, -0.2) is 4.98 Å². The third-order valence-electron chi connectivity index (χ3n) is 5.79. The lowest BCUT2D eigenvalue weighted by molar-refractivity contribution is -0.129. The Bertz CT molecular complexity index is 793. The number of aromatic amines is 1. The van der Waals surface area contributed by atoms with E-state index in [2.05, 4.69) is 20.3 Å². The molecule has 26 heavy (non-hydrogen) atoms. The van der Waals surface area contributed by atoms with Gasteiger partial charge in [-0.3, -0.25) is 14.6 Å². The molecule has 0 aromatic carbocycles. The highest BCUT2D eigenvalue weighted by Crippen LogP contribution is 2.47. The van der Waals surface area contributed by atoms with E-state index in [1.165, 1.54) is 12.8 Å². The monoisotopic (exact) mass is 358 g/mol. The number of likely N-dealkylation sites (tertiary alicyclic amines) is 1. The number of nitrogens with zero attached hydrogens (tertiary/aromatic N) is 5. The Kier molecular flexibility index (Phi) is 4.52. The van der Waals surface area contributed by atoms with Gasteiger partial charge >= 0.3 is 0 Å². The summed E-state index contributed by atoms with van der Waals surface area (Å²) in [6, 6.07) is 0. The molecule has 3 heterocycles. The summed E-state index contributed by atoms with van der Waals surface area (Å²) in [5, 5.41) is 11.6. The molecule has 2 fully saturated rings. The third kappa shape index (κ3) is 3.25. The van der Waals surface area contributed by atoms with Crippen molar-refractivity contribution in [2.45, 2.75) is 38.7 Å². The van der Waals surface area contributed by atoms with Crippen LogP contribution in [0, 0.1) is 18.8 Å². The minimum Gasteiger partial charge on any atom is -0.377 e. The van der Waals surface area contributed by atoms with Crippen LogP contribution >= 0.6 is 0 Å². The van der Waals surface area contributed by atoms with Gasteiger partial charge in [-0.05, 0) is 31.6 Å². The smallest absolute Gasteiger partial charge is 0.227 e. The van der Waals surface area contributed by atoms with E-state index < -0.39 is 0 Å². The number of rotatable bonds is 6. The Morgan fingerprint density at radius 3 is 2.85 bits per heavy atom. The molecular formula is C18H26N6O2. The molecule has 1 amide bonds. The predicted octanol–water partition coefficient (Wildman–Crippen LogP) is 1.19. The average molecular weight is 358 g/mol. The molecule has 8 nitrogen and oxygen atoms in total. The van der Waals surface area contributed by atoms with E-state index >= 15 is 0 Å². The van der Waals surface area contributed by atoms with Crippen molar-refractivity contribution in [2.24, 2.45) is 18.9 Å². The lowest BCUT2D eigenvalue weighted by atomic mass is 9.91. The van der Waals surface area contributed by atoms with Crippen LogP contribution in [0.15, 0.2) is 6.20 Å². The molecule has 1 aliphatic heterocycles. The molecule has 1 N–H and O–H groups in total. The maximum Gasteiger partial charge on any atom is 0.227 e. The normalized spacial score (nSPS) is 23.0. The van der Waals surface area contributed by atoms with Crippen molar-refractivity contribution in [3.8, 4) is 0 Å². The van der Waals surface area contributed by atoms with Crippen LogP contribution in [0.25, 0.3) is 0 Å². The van der Waals surface area contributed by atoms with Crippen LogP contribution in [-0.2, 0) is 29.6 Å². The van der Waals surface area contributed by atoms with E-state index in [-0.39, 0.29) is 11.8 Å². The number of aromatic nitrogens is 5. The SMILES string of the molecule is COCc1nc([C@H]2CN(C(=O)Cc3cnn(C)c3C)C[C@@H]2C2CC2)n[nH]1. The van der Waals surface area contributed by atoms with Crippen LogP contribution in [0.3, 0.4) is 0 Å². The molecule has 0 bridgehead atoms. The van der Waals surface area contributed by atoms with E-state index in [0.29, 0.717) is 31.4 Å². The number of methoxy groups -OCH3 is 1. The van der Waals surface area contributed by atoms with E-state index in [4.69, 9.17) is 4.74 Å². The molecule has 2 aromatic rings. The van der Waals surface area contributed by atoms with Gasteiger partial charge in [-0.1, -0.05) is 0 Å². The fourth-order valence-electron chi connectivity index (χ4n) is 3.98. The van der Waals surface area contributed by atoms with Gasteiger partial charge in [0.1, 0.15) is 6.61 Å². The fraction of sp³-hybridized carbons (Fsp3) is 0.667.